The first-order chi connectivity index (χ1) is 15.1. The van der Waals surface area contributed by atoms with Gasteiger partial charge in [-0.2, -0.15) is 13.6 Å². The summed E-state index contributed by atoms with van der Waals surface area (Å²) in [5.41, 5.74) is -1.91. The summed E-state index contributed by atoms with van der Waals surface area (Å²) in [4.78, 5) is 68.3. The molecule has 2 aromatic rings. The Balaban J connectivity index is 1.73. The highest BCUT2D eigenvalue weighted by Gasteiger charge is 2.46. The fourth-order valence-corrected chi connectivity index (χ4v) is 5.72. The lowest BCUT2D eigenvalue weighted by Gasteiger charge is -2.19. The molecular weight excluding hydrogens is 521 g/mol. The zero-order valence-corrected chi connectivity index (χ0v) is 18.4. The first kappa shape index (κ1) is 25.9. The van der Waals surface area contributed by atoms with E-state index in [1.54, 1.807) is 0 Å². The van der Waals surface area contributed by atoms with Gasteiger partial charge in [0.2, 0.25) is 0 Å². The third-order valence-electron chi connectivity index (χ3n) is 3.96. The number of phosphoric ester groups is 1. The van der Waals surface area contributed by atoms with Crippen LogP contribution in [-0.4, -0.2) is 74.2 Å². The second-order valence-corrected chi connectivity index (χ2v) is 10.8. The van der Waals surface area contributed by atoms with Crippen molar-refractivity contribution >= 4 is 34.5 Å². The molecule has 1 aliphatic heterocycles. The maximum Gasteiger partial charge on any atom is 0.490 e. The van der Waals surface area contributed by atoms with Crippen LogP contribution >= 0.6 is 23.5 Å². The highest BCUT2D eigenvalue weighted by atomic mass is 31.3. The molecule has 0 bridgehead atoms. The Kier molecular flexibility index (Phi) is 7.20. The zero-order chi connectivity index (χ0) is 24.8. The molecule has 33 heavy (non-hydrogen) atoms. The minimum atomic E-state index is -5.76. The maximum absolute atomic E-state index is 12.2. The van der Waals surface area contributed by atoms with Gasteiger partial charge in [0.25, 0.3) is 0 Å². The number of hydrogen-bond acceptors (Lipinski definition) is 13. The van der Waals surface area contributed by atoms with Gasteiger partial charge in [0.1, 0.15) is 24.0 Å². The second kappa shape index (κ2) is 9.16. The van der Waals surface area contributed by atoms with Crippen molar-refractivity contribution in [1.29, 1.82) is 0 Å². The molecule has 1 saturated heterocycles. The van der Waals surface area contributed by atoms with Gasteiger partial charge < -0.3 is 34.5 Å². The van der Waals surface area contributed by atoms with E-state index in [0.29, 0.717) is 0 Å². The monoisotopic (exact) mass is 536 g/mol. The minimum Gasteiger partial charge on any atom is -0.387 e. The van der Waals surface area contributed by atoms with Gasteiger partial charge in [-0.25, -0.2) is 28.3 Å². The Morgan fingerprint density at radius 1 is 1.06 bits per heavy atom. The molecule has 19 nitrogen and oxygen atoms in total. The number of rotatable bonds is 8. The summed E-state index contributed by atoms with van der Waals surface area (Å²) in [7, 11) is -16.9. The summed E-state index contributed by atoms with van der Waals surface area (Å²) in [6.45, 7) is -1.07. The zero-order valence-electron chi connectivity index (χ0n) is 15.7. The van der Waals surface area contributed by atoms with E-state index < -0.39 is 66.0 Å². The van der Waals surface area contributed by atoms with Crippen molar-refractivity contribution in [2.45, 2.75) is 24.5 Å². The molecule has 22 heteroatoms. The molecule has 1 aliphatic rings. The van der Waals surface area contributed by atoms with E-state index in [1.165, 1.54) is 0 Å². The minimum absolute atomic E-state index is 0.117. The van der Waals surface area contributed by atoms with Crippen LogP contribution in [0.2, 0.25) is 0 Å². The van der Waals surface area contributed by atoms with E-state index in [9.17, 15) is 38.4 Å². The summed E-state index contributed by atoms with van der Waals surface area (Å²) < 4.78 is 51.2. The Morgan fingerprint density at radius 2 is 1.73 bits per heavy atom. The average Bonchev–Trinajstić information content (AvgIpc) is 2.91. The average molecular weight is 536 g/mol. The Labute approximate surface area is 180 Å². The number of ether oxygens (including phenoxy) is 1. The number of nitrogens with zero attached hydrogens (tertiary/aromatic N) is 3. The molecule has 3 heterocycles. The quantitative estimate of drug-likeness (QED) is 0.171. The van der Waals surface area contributed by atoms with Crippen LogP contribution in [-0.2, 0) is 31.6 Å². The van der Waals surface area contributed by atoms with Gasteiger partial charge >= 0.3 is 34.8 Å². The summed E-state index contributed by atoms with van der Waals surface area (Å²) in [6, 6.07) is 0. The normalized spacial score (nSPS) is 27.3. The van der Waals surface area contributed by atoms with Gasteiger partial charge in [-0.05, 0) is 0 Å². The van der Waals surface area contributed by atoms with Crippen LogP contribution in [0.15, 0.2) is 22.0 Å². The SMILES string of the molecule is O=c1ncc2cn([C@@H]3O[C@H](COP(=O)(O)OP(=O)(O)OP(=O)(O)O)[C@H](O)C3O)c(=O)nc2[nH]1. The van der Waals surface area contributed by atoms with Crippen molar-refractivity contribution in [2.75, 3.05) is 6.61 Å². The fraction of sp³-hybridized carbons (Fsp3) is 0.455. The largest absolute Gasteiger partial charge is 0.490 e. The summed E-state index contributed by atoms with van der Waals surface area (Å²) in [5.74, 6) is 0. The number of phosphoric acid groups is 3. The molecule has 1 fully saturated rings. The van der Waals surface area contributed by atoms with Crippen molar-refractivity contribution < 1.29 is 61.4 Å². The van der Waals surface area contributed by atoms with Gasteiger partial charge in [0.15, 0.2) is 6.23 Å². The highest BCUT2D eigenvalue weighted by Crippen LogP contribution is 2.66. The number of aromatic amines is 1. The smallest absolute Gasteiger partial charge is 0.387 e. The number of hydrogen-bond donors (Lipinski definition) is 7. The van der Waals surface area contributed by atoms with E-state index in [0.717, 1.165) is 17.0 Å². The standard InChI is InChI=1S/C11H15N4O15P3/c16-6-5(3-27-32(23,24)30-33(25,26)29-31(20,21)22)28-9(7(6)17)15-2-4-1-12-10(18)13-8(4)14-11(15)19/h1-2,5-7,9,16-17H,3H2,(H,23,24)(H,25,26)(H2,20,21,22)(H,13,14,18,19)/t5-,6+,7?,9-/m1/s1. The number of fused-ring (bicyclic) bond motifs is 1. The van der Waals surface area contributed by atoms with Crippen LogP contribution in [0.5, 0.6) is 0 Å². The Bertz CT molecular complexity index is 1300. The molecule has 0 aromatic carbocycles. The highest BCUT2D eigenvalue weighted by molar-refractivity contribution is 7.66. The summed E-state index contributed by atoms with van der Waals surface area (Å²) in [5, 5.41) is 20.5. The van der Waals surface area contributed by atoms with Crippen molar-refractivity contribution in [2.24, 2.45) is 0 Å². The van der Waals surface area contributed by atoms with E-state index >= 15 is 0 Å². The van der Waals surface area contributed by atoms with Gasteiger partial charge in [-0.3, -0.25) is 14.1 Å². The van der Waals surface area contributed by atoms with Gasteiger partial charge in [-0.15, -0.1) is 0 Å². The Hall–Kier alpha value is -1.69. The molecule has 2 aromatic heterocycles. The summed E-state index contributed by atoms with van der Waals surface area (Å²) in [6.07, 6.45) is -4.65. The molecule has 0 spiro atoms. The lowest BCUT2D eigenvalue weighted by molar-refractivity contribution is -0.0539. The molecule has 0 amide bonds. The second-order valence-electron chi connectivity index (χ2n) is 6.36. The van der Waals surface area contributed by atoms with E-state index in [2.05, 4.69) is 28.1 Å². The number of aliphatic hydroxyl groups is 2. The predicted octanol–water partition coefficient (Wildman–Crippen LogP) is -2.56. The molecular formula is C11H15N4O15P3. The van der Waals surface area contributed by atoms with Crippen LogP contribution < -0.4 is 11.4 Å². The fourth-order valence-electron chi connectivity index (χ4n) is 2.69. The topological polar surface area (TPSA) is 290 Å². The maximum atomic E-state index is 12.2. The molecule has 3 unspecified atom stereocenters. The lowest BCUT2D eigenvalue weighted by atomic mass is 10.1. The van der Waals surface area contributed by atoms with Crippen molar-refractivity contribution in [1.82, 2.24) is 19.5 Å². The van der Waals surface area contributed by atoms with Crippen LogP contribution in [0.3, 0.4) is 0 Å². The molecule has 0 aliphatic carbocycles. The number of H-pyrrole nitrogens is 1. The molecule has 7 N–H and O–H groups in total. The van der Waals surface area contributed by atoms with Crippen molar-refractivity contribution in [3.05, 3.63) is 33.4 Å². The van der Waals surface area contributed by atoms with Crippen LogP contribution in [0.4, 0.5) is 0 Å². The lowest BCUT2D eigenvalue weighted by Crippen LogP contribution is -2.36. The number of aliphatic hydroxyl groups excluding tert-OH is 2. The van der Waals surface area contributed by atoms with E-state index in [1.807, 2.05) is 0 Å². The first-order valence-corrected chi connectivity index (χ1v) is 12.9. The molecule has 0 radical (unpaired) electrons. The van der Waals surface area contributed by atoms with Crippen LogP contribution in [0, 0.1) is 0 Å². The van der Waals surface area contributed by atoms with E-state index in [4.69, 9.17) is 19.4 Å². The molecule has 3 rings (SSSR count). The van der Waals surface area contributed by atoms with Gasteiger partial charge in [-0.1, -0.05) is 0 Å². The molecule has 6 atom stereocenters. The number of aromatic nitrogens is 4. The summed E-state index contributed by atoms with van der Waals surface area (Å²) >= 11 is 0. The van der Waals surface area contributed by atoms with Gasteiger partial charge in [0.05, 0.1) is 12.0 Å². The predicted molar refractivity (Wildman–Crippen MR) is 100 cm³/mol. The van der Waals surface area contributed by atoms with Crippen LogP contribution in [0.25, 0.3) is 11.0 Å². The van der Waals surface area contributed by atoms with Crippen molar-refractivity contribution in [3.63, 3.8) is 0 Å². The van der Waals surface area contributed by atoms with Crippen LogP contribution in [0.1, 0.15) is 6.23 Å². The van der Waals surface area contributed by atoms with Gasteiger partial charge in [0, 0.05) is 12.4 Å². The Morgan fingerprint density at radius 3 is 2.36 bits per heavy atom. The molecule has 0 saturated carbocycles. The third-order valence-corrected chi connectivity index (χ3v) is 7.76. The van der Waals surface area contributed by atoms with Crippen molar-refractivity contribution in [3.8, 4) is 0 Å². The van der Waals surface area contributed by atoms with E-state index in [-0.39, 0.29) is 11.0 Å². The third kappa shape index (κ3) is 6.46. The number of nitrogens with one attached hydrogen (secondary N) is 1. The molecule has 184 valence electrons. The first-order valence-electron chi connectivity index (χ1n) is 8.35.